The molecule has 0 fully saturated rings. The van der Waals surface area contributed by atoms with E-state index >= 15 is 0 Å². The molecule has 1 aromatic heterocycles. The van der Waals surface area contributed by atoms with Crippen molar-refractivity contribution in [2.24, 2.45) is 5.73 Å². The number of hydrogen-bond acceptors (Lipinski definition) is 4. The van der Waals surface area contributed by atoms with Crippen molar-refractivity contribution in [2.45, 2.75) is 20.0 Å². The van der Waals surface area contributed by atoms with E-state index < -0.39 is 0 Å². The molecule has 0 amide bonds. The smallest absolute Gasteiger partial charge is 0.147 e. The molecule has 4 heteroatoms. The number of anilines is 1. The number of rotatable bonds is 4. The standard InChI is InChI=1S/C14H18N4/c1-11-4-3-5-12(6-11)10-18(2)14-9-16-8-13(7-15)17-14/h3-6,8-9H,7,10,15H2,1-2H3. The first kappa shape index (κ1) is 12.5. The van der Waals surface area contributed by atoms with E-state index in [1.165, 1.54) is 11.1 Å². The average Bonchev–Trinajstić information content (AvgIpc) is 2.39. The molecule has 0 spiro atoms. The maximum Gasteiger partial charge on any atom is 0.147 e. The molecule has 1 heterocycles. The summed E-state index contributed by atoms with van der Waals surface area (Å²) in [6.07, 6.45) is 3.46. The predicted octanol–water partition coefficient (Wildman–Crippen LogP) is 1.88. The van der Waals surface area contributed by atoms with Crippen molar-refractivity contribution in [1.82, 2.24) is 9.97 Å². The van der Waals surface area contributed by atoms with Gasteiger partial charge in [0.1, 0.15) is 5.82 Å². The lowest BCUT2D eigenvalue weighted by atomic mass is 10.1. The first-order valence-electron chi connectivity index (χ1n) is 5.96. The van der Waals surface area contributed by atoms with Gasteiger partial charge in [-0.15, -0.1) is 0 Å². The third-order valence-electron chi connectivity index (χ3n) is 2.77. The van der Waals surface area contributed by atoms with Crippen LogP contribution in [-0.4, -0.2) is 17.0 Å². The Morgan fingerprint density at radius 1 is 1.28 bits per heavy atom. The lowest BCUT2D eigenvalue weighted by Gasteiger charge is -2.18. The van der Waals surface area contributed by atoms with E-state index in [2.05, 4.69) is 46.1 Å². The Hall–Kier alpha value is -1.94. The molecule has 0 bridgehead atoms. The molecule has 0 aliphatic rings. The van der Waals surface area contributed by atoms with Gasteiger partial charge in [-0.25, -0.2) is 4.98 Å². The maximum absolute atomic E-state index is 5.57. The number of aryl methyl sites for hydroxylation is 1. The van der Waals surface area contributed by atoms with Crippen LogP contribution in [0.25, 0.3) is 0 Å². The van der Waals surface area contributed by atoms with Crippen molar-refractivity contribution in [3.63, 3.8) is 0 Å². The summed E-state index contributed by atoms with van der Waals surface area (Å²) in [6.45, 7) is 3.32. The van der Waals surface area contributed by atoms with Crippen molar-refractivity contribution in [3.05, 3.63) is 53.5 Å². The molecule has 2 aromatic rings. The maximum atomic E-state index is 5.57. The molecule has 18 heavy (non-hydrogen) atoms. The molecule has 2 rings (SSSR count). The van der Waals surface area contributed by atoms with Gasteiger partial charge in [-0.05, 0) is 12.5 Å². The van der Waals surface area contributed by atoms with Crippen molar-refractivity contribution >= 4 is 5.82 Å². The SMILES string of the molecule is Cc1cccc(CN(C)c2cncc(CN)n2)c1. The number of benzene rings is 1. The summed E-state index contributed by atoms with van der Waals surface area (Å²) in [5, 5.41) is 0. The Bertz CT molecular complexity index is 525. The molecule has 0 aliphatic carbocycles. The van der Waals surface area contributed by atoms with E-state index in [1.807, 2.05) is 7.05 Å². The van der Waals surface area contributed by atoms with Gasteiger partial charge in [0.2, 0.25) is 0 Å². The van der Waals surface area contributed by atoms with Crippen LogP contribution in [0.2, 0.25) is 0 Å². The number of nitrogens with two attached hydrogens (primary N) is 1. The summed E-state index contributed by atoms with van der Waals surface area (Å²) in [5.74, 6) is 0.847. The van der Waals surface area contributed by atoms with Crippen LogP contribution in [0.5, 0.6) is 0 Å². The zero-order valence-corrected chi connectivity index (χ0v) is 10.8. The highest BCUT2D eigenvalue weighted by Gasteiger charge is 2.05. The topological polar surface area (TPSA) is 55.0 Å². The highest BCUT2D eigenvalue weighted by atomic mass is 15.2. The van der Waals surface area contributed by atoms with Gasteiger partial charge in [-0.3, -0.25) is 4.98 Å². The Balaban J connectivity index is 2.13. The van der Waals surface area contributed by atoms with Gasteiger partial charge in [-0.1, -0.05) is 29.8 Å². The molecule has 1 aromatic carbocycles. The summed E-state index contributed by atoms with van der Waals surface area (Å²) in [6, 6.07) is 8.46. The number of aromatic nitrogens is 2. The van der Waals surface area contributed by atoms with Gasteiger partial charge >= 0.3 is 0 Å². The van der Waals surface area contributed by atoms with Gasteiger partial charge in [0.25, 0.3) is 0 Å². The first-order chi connectivity index (χ1) is 8.69. The second-order valence-corrected chi connectivity index (χ2v) is 4.42. The second kappa shape index (κ2) is 5.60. The van der Waals surface area contributed by atoms with Crippen LogP contribution in [0, 0.1) is 6.92 Å². The fourth-order valence-corrected chi connectivity index (χ4v) is 1.84. The molecule has 0 radical (unpaired) electrons. The van der Waals surface area contributed by atoms with Crippen molar-refractivity contribution in [2.75, 3.05) is 11.9 Å². The Morgan fingerprint density at radius 3 is 2.83 bits per heavy atom. The van der Waals surface area contributed by atoms with Crippen LogP contribution >= 0.6 is 0 Å². The lowest BCUT2D eigenvalue weighted by molar-refractivity contribution is 0.864. The van der Waals surface area contributed by atoms with Crippen LogP contribution in [0.3, 0.4) is 0 Å². The van der Waals surface area contributed by atoms with E-state index in [1.54, 1.807) is 12.4 Å². The van der Waals surface area contributed by atoms with Gasteiger partial charge in [0, 0.05) is 26.3 Å². The van der Waals surface area contributed by atoms with Crippen molar-refractivity contribution in [1.29, 1.82) is 0 Å². The largest absolute Gasteiger partial charge is 0.354 e. The summed E-state index contributed by atoms with van der Waals surface area (Å²) < 4.78 is 0. The highest BCUT2D eigenvalue weighted by molar-refractivity contribution is 5.37. The fourth-order valence-electron chi connectivity index (χ4n) is 1.84. The van der Waals surface area contributed by atoms with Crippen molar-refractivity contribution < 1.29 is 0 Å². The Kier molecular flexibility index (Phi) is 3.89. The third kappa shape index (κ3) is 3.05. The third-order valence-corrected chi connectivity index (χ3v) is 2.77. The average molecular weight is 242 g/mol. The van der Waals surface area contributed by atoms with Crippen LogP contribution in [0.15, 0.2) is 36.7 Å². The molecule has 0 aliphatic heterocycles. The van der Waals surface area contributed by atoms with Gasteiger partial charge in [0.15, 0.2) is 0 Å². The van der Waals surface area contributed by atoms with Crippen LogP contribution in [0.1, 0.15) is 16.8 Å². The Labute approximate surface area is 107 Å². The quantitative estimate of drug-likeness (QED) is 0.889. The van der Waals surface area contributed by atoms with Gasteiger partial charge in [-0.2, -0.15) is 0 Å². The molecule has 2 N–H and O–H groups in total. The van der Waals surface area contributed by atoms with E-state index in [0.717, 1.165) is 18.1 Å². The predicted molar refractivity (Wildman–Crippen MR) is 73.2 cm³/mol. The number of nitrogens with zero attached hydrogens (tertiary/aromatic N) is 3. The summed E-state index contributed by atoms with van der Waals surface area (Å²) >= 11 is 0. The minimum Gasteiger partial charge on any atom is -0.354 e. The summed E-state index contributed by atoms with van der Waals surface area (Å²) in [7, 11) is 2.01. The minimum absolute atomic E-state index is 0.416. The summed E-state index contributed by atoms with van der Waals surface area (Å²) in [4.78, 5) is 10.7. The molecule has 0 atom stereocenters. The van der Waals surface area contributed by atoms with Crippen molar-refractivity contribution in [3.8, 4) is 0 Å². The van der Waals surface area contributed by atoms with E-state index in [9.17, 15) is 0 Å². The van der Waals surface area contributed by atoms with E-state index in [0.29, 0.717) is 6.54 Å². The molecular weight excluding hydrogens is 224 g/mol. The second-order valence-electron chi connectivity index (χ2n) is 4.42. The minimum atomic E-state index is 0.416. The normalized spacial score (nSPS) is 10.4. The van der Waals surface area contributed by atoms with Crippen LogP contribution < -0.4 is 10.6 Å². The van der Waals surface area contributed by atoms with Gasteiger partial charge in [0.05, 0.1) is 11.9 Å². The monoisotopic (exact) mass is 242 g/mol. The summed E-state index contributed by atoms with van der Waals surface area (Å²) in [5.41, 5.74) is 8.91. The lowest BCUT2D eigenvalue weighted by Crippen LogP contribution is -2.19. The first-order valence-corrected chi connectivity index (χ1v) is 5.96. The molecule has 0 unspecified atom stereocenters. The molecule has 4 nitrogen and oxygen atoms in total. The number of hydrogen-bond donors (Lipinski definition) is 1. The molecule has 0 saturated heterocycles. The Morgan fingerprint density at radius 2 is 2.11 bits per heavy atom. The molecule has 0 saturated carbocycles. The zero-order chi connectivity index (χ0) is 13.0. The van der Waals surface area contributed by atoms with Crippen LogP contribution in [-0.2, 0) is 13.1 Å². The van der Waals surface area contributed by atoms with Crippen LogP contribution in [0.4, 0.5) is 5.82 Å². The molecular formula is C14H18N4. The fraction of sp³-hybridized carbons (Fsp3) is 0.286. The van der Waals surface area contributed by atoms with Gasteiger partial charge < -0.3 is 10.6 Å². The van der Waals surface area contributed by atoms with E-state index in [4.69, 9.17) is 5.73 Å². The van der Waals surface area contributed by atoms with E-state index in [-0.39, 0.29) is 0 Å². The highest BCUT2D eigenvalue weighted by Crippen LogP contribution is 2.12. The molecule has 94 valence electrons. The zero-order valence-electron chi connectivity index (χ0n) is 10.8.